The van der Waals surface area contributed by atoms with Crippen molar-refractivity contribution in [3.05, 3.63) is 42.5 Å². The molecule has 5 heteroatoms. The lowest BCUT2D eigenvalue weighted by Gasteiger charge is -2.09. The molecule has 2 heterocycles. The minimum atomic E-state index is -0.700. The average molecular weight is 218 g/mol. The fraction of sp³-hybridized carbons (Fsp3) is 0.364. The molecule has 0 aliphatic heterocycles. The first-order valence-corrected chi connectivity index (χ1v) is 5.26. The number of aromatic nitrogens is 4. The molecule has 2 rings (SSSR count). The lowest BCUT2D eigenvalue weighted by Crippen LogP contribution is -2.10. The molecule has 0 fully saturated rings. The standard InChI is InChI=1S/C11H14N4O/c1-2-15-7-6-12-10(15)8-9(16)11-13-4-3-5-14-11/h3-7,9,16H,2,8H2,1H3. The van der Waals surface area contributed by atoms with Crippen molar-refractivity contribution in [1.82, 2.24) is 19.5 Å². The molecule has 0 aromatic carbocycles. The van der Waals surface area contributed by atoms with Gasteiger partial charge in [-0.15, -0.1) is 0 Å². The van der Waals surface area contributed by atoms with Gasteiger partial charge >= 0.3 is 0 Å². The van der Waals surface area contributed by atoms with Crippen LogP contribution in [0.4, 0.5) is 0 Å². The molecule has 2 aromatic heterocycles. The molecule has 1 unspecified atom stereocenters. The van der Waals surface area contributed by atoms with Crippen LogP contribution in [0, 0.1) is 0 Å². The largest absolute Gasteiger partial charge is 0.385 e. The van der Waals surface area contributed by atoms with Gasteiger partial charge in [0, 0.05) is 37.8 Å². The maximum atomic E-state index is 9.93. The summed E-state index contributed by atoms with van der Waals surface area (Å²) >= 11 is 0. The van der Waals surface area contributed by atoms with Crippen molar-refractivity contribution in [1.29, 1.82) is 0 Å². The number of aliphatic hydroxyl groups excluding tert-OH is 1. The van der Waals surface area contributed by atoms with E-state index in [1.54, 1.807) is 24.7 Å². The molecular formula is C11H14N4O. The Morgan fingerprint density at radius 2 is 2.00 bits per heavy atom. The molecule has 84 valence electrons. The Labute approximate surface area is 93.8 Å². The second kappa shape index (κ2) is 4.85. The lowest BCUT2D eigenvalue weighted by molar-refractivity contribution is 0.164. The molecule has 5 nitrogen and oxygen atoms in total. The van der Waals surface area contributed by atoms with Gasteiger partial charge < -0.3 is 9.67 Å². The van der Waals surface area contributed by atoms with Gasteiger partial charge in [-0.25, -0.2) is 15.0 Å². The van der Waals surface area contributed by atoms with Gasteiger partial charge in [0.2, 0.25) is 0 Å². The fourth-order valence-electron chi connectivity index (χ4n) is 1.56. The van der Waals surface area contributed by atoms with Crippen LogP contribution in [0.5, 0.6) is 0 Å². The van der Waals surface area contributed by atoms with Crippen LogP contribution >= 0.6 is 0 Å². The second-order valence-electron chi connectivity index (χ2n) is 3.46. The number of hydrogen-bond acceptors (Lipinski definition) is 4. The first-order valence-electron chi connectivity index (χ1n) is 5.26. The molecule has 0 aliphatic carbocycles. The van der Waals surface area contributed by atoms with Crippen molar-refractivity contribution in [2.75, 3.05) is 0 Å². The molecule has 0 spiro atoms. The zero-order chi connectivity index (χ0) is 11.4. The maximum absolute atomic E-state index is 9.93. The summed E-state index contributed by atoms with van der Waals surface area (Å²) in [7, 11) is 0. The van der Waals surface area contributed by atoms with Gasteiger partial charge in [0.05, 0.1) is 0 Å². The Morgan fingerprint density at radius 3 is 2.69 bits per heavy atom. The van der Waals surface area contributed by atoms with Gasteiger partial charge in [0.25, 0.3) is 0 Å². The van der Waals surface area contributed by atoms with Gasteiger partial charge in [-0.05, 0) is 13.0 Å². The van der Waals surface area contributed by atoms with E-state index in [9.17, 15) is 5.11 Å². The summed E-state index contributed by atoms with van der Waals surface area (Å²) in [4.78, 5) is 12.2. The topological polar surface area (TPSA) is 63.8 Å². The van der Waals surface area contributed by atoms with Gasteiger partial charge in [0.1, 0.15) is 11.9 Å². The Kier molecular flexibility index (Phi) is 3.26. The van der Waals surface area contributed by atoms with Crippen molar-refractivity contribution < 1.29 is 5.11 Å². The van der Waals surface area contributed by atoms with Crippen LogP contribution in [-0.4, -0.2) is 24.6 Å². The predicted octanol–water partition coefficient (Wildman–Crippen LogP) is 0.969. The fourth-order valence-corrected chi connectivity index (χ4v) is 1.56. The van der Waals surface area contributed by atoms with E-state index in [-0.39, 0.29) is 0 Å². The van der Waals surface area contributed by atoms with Crippen LogP contribution in [0.15, 0.2) is 30.9 Å². The quantitative estimate of drug-likeness (QED) is 0.830. The molecule has 0 saturated heterocycles. The van der Waals surface area contributed by atoms with Gasteiger partial charge in [-0.2, -0.15) is 0 Å². The van der Waals surface area contributed by atoms with Crippen LogP contribution < -0.4 is 0 Å². The van der Waals surface area contributed by atoms with Crippen LogP contribution in [0.25, 0.3) is 0 Å². The van der Waals surface area contributed by atoms with Gasteiger partial charge in [-0.3, -0.25) is 0 Å². The number of aliphatic hydroxyl groups is 1. The average Bonchev–Trinajstić information content (AvgIpc) is 2.77. The minimum absolute atomic E-state index is 0.435. The van der Waals surface area contributed by atoms with Crippen molar-refractivity contribution in [3.63, 3.8) is 0 Å². The highest BCUT2D eigenvalue weighted by Crippen LogP contribution is 2.12. The Morgan fingerprint density at radius 1 is 1.25 bits per heavy atom. The molecule has 2 aromatic rings. The molecule has 0 amide bonds. The first-order chi connectivity index (χ1) is 7.81. The highest BCUT2D eigenvalue weighted by atomic mass is 16.3. The summed E-state index contributed by atoms with van der Waals surface area (Å²) in [6, 6.07) is 1.73. The minimum Gasteiger partial charge on any atom is -0.385 e. The van der Waals surface area contributed by atoms with E-state index in [1.165, 1.54) is 0 Å². The highest BCUT2D eigenvalue weighted by molar-refractivity contribution is 5.00. The molecule has 0 aliphatic rings. The maximum Gasteiger partial charge on any atom is 0.157 e. The lowest BCUT2D eigenvalue weighted by atomic mass is 10.2. The van der Waals surface area contributed by atoms with Crippen molar-refractivity contribution in [2.24, 2.45) is 0 Å². The third-order valence-electron chi connectivity index (χ3n) is 2.40. The van der Waals surface area contributed by atoms with E-state index in [2.05, 4.69) is 15.0 Å². The summed E-state index contributed by atoms with van der Waals surface area (Å²) in [5.74, 6) is 1.29. The zero-order valence-corrected chi connectivity index (χ0v) is 9.11. The van der Waals surface area contributed by atoms with Crippen molar-refractivity contribution in [3.8, 4) is 0 Å². The van der Waals surface area contributed by atoms with E-state index in [0.717, 1.165) is 12.4 Å². The predicted molar refractivity (Wildman–Crippen MR) is 58.6 cm³/mol. The summed E-state index contributed by atoms with van der Waals surface area (Å²) in [5, 5.41) is 9.93. The number of aryl methyl sites for hydroxylation is 1. The number of nitrogens with zero attached hydrogens (tertiary/aromatic N) is 4. The third-order valence-corrected chi connectivity index (χ3v) is 2.40. The van der Waals surface area contributed by atoms with E-state index in [1.807, 2.05) is 17.7 Å². The molecule has 0 saturated carbocycles. The third kappa shape index (κ3) is 2.25. The highest BCUT2D eigenvalue weighted by Gasteiger charge is 2.13. The molecule has 1 N–H and O–H groups in total. The molecule has 0 bridgehead atoms. The summed E-state index contributed by atoms with van der Waals surface area (Å²) in [6.07, 6.45) is 6.61. The van der Waals surface area contributed by atoms with Crippen LogP contribution in [-0.2, 0) is 13.0 Å². The van der Waals surface area contributed by atoms with E-state index < -0.39 is 6.10 Å². The summed E-state index contributed by atoms with van der Waals surface area (Å²) in [5.41, 5.74) is 0. The van der Waals surface area contributed by atoms with Gasteiger partial charge in [0.15, 0.2) is 5.82 Å². The van der Waals surface area contributed by atoms with E-state index >= 15 is 0 Å². The molecule has 1 atom stereocenters. The van der Waals surface area contributed by atoms with Crippen LogP contribution in [0.3, 0.4) is 0 Å². The van der Waals surface area contributed by atoms with E-state index in [0.29, 0.717) is 12.2 Å². The smallest absolute Gasteiger partial charge is 0.157 e. The van der Waals surface area contributed by atoms with Crippen molar-refractivity contribution >= 4 is 0 Å². The summed E-state index contributed by atoms with van der Waals surface area (Å²) < 4.78 is 1.99. The normalized spacial score (nSPS) is 12.6. The van der Waals surface area contributed by atoms with Crippen molar-refractivity contribution in [2.45, 2.75) is 26.0 Å². The molecule has 0 radical (unpaired) electrons. The van der Waals surface area contributed by atoms with Crippen LogP contribution in [0.1, 0.15) is 24.7 Å². The summed E-state index contributed by atoms with van der Waals surface area (Å²) in [6.45, 7) is 2.88. The molecule has 16 heavy (non-hydrogen) atoms. The van der Waals surface area contributed by atoms with Gasteiger partial charge in [-0.1, -0.05) is 0 Å². The second-order valence-corrected chi connectivity index (χ2v) is 3.46. The number of imidazole rings is 1. The van der Waals surface area contributed by atoms with E-state index in [4.69, 9.17) is 0 Å². The number of rotatable bonds is 4. The zero-order valence-electron chi connectivity index (χ0n) is 9.11. The number of hydrogen-bond donors (Lipinski definition) is 1. The Bertz CT molecular complexity index is 440. The first kappa shape index (κ1) is 10.8. The SMILES string of the molecule is CCn1ccnc1CC(O)c1ncccn1. The monoisotopic (exact) mass is 218 g/mol. The Balaban J connectivity index is 2.11. The van der Waals surface area contributed by atoms with Crippen LogP contribution in [0.2, 0.25) is 0 Å². The molecular weight excluding hydrogens is 204 g/mol. The Hall–Kier alpha value is -1.75.